The van der Waals surface area contributed by atoms with Gasteiger partial charge in [-0.25, -0.2) is 8.42 Å². The molecule has 2 amide bonds. The van der Waals surface area contributed by atoms with Crippen LogP contribution in [0.4, 0.5) is 5.69 Å². The van der Waals surface area contributed by atoms with Crippen molar-refractivity contribution in [2.75, 3.05) is 24.2 Å². The summed E-state index contributed by atoms with van der Waals surface area (Å²) in [6.07, 6.45) is 1.72. The zero-order chi connectivity index (χ0) is 26.3. The van der Waals surface area contributed by atoms with E-state index >= 15 is 0 Å². The monoisotopic (exact) mass is 543 g/mol. The Morgan fingerprint density at radius 1 is 1.11 bits per heavy atom. The van der Waals surface area contributed by atoms with Gasteiger partial charge in [0.1, 0.15) is 18.3 Å². The summed E-state index contributed by atoms with van der Waals surface area (Å²) in [6.45, 7) is 4.95. The molecule has 2 atom stereocenters. The molecule has 0 radical (unpaired) electrons. The summed E-state index contributed by atoms with van der Waals surface area (Å²) in [4.78, 5) is 27.8. The number of rotatable bonds is 11. The maximum atomic E-state index is 13.5. The van der Waals surface area contributed by atoms with Crippen molar-refractivity contribution in [1.29, 1.82) is 0 Å². The Kier molecular flexibility index (Phi) is 10.2. The average molecular weight is 545 g/mol. The lowest BCUT2D eigenvalue weighted by atomic mass is 10.1. The first kappa shape index (κ1) is 28.7. The fourth-order valence-electron chi connectivity index (χ4n) is 3.30. The van der Waals surface area contributed by atoms with Crippen molar-refractivity contribution in [2.45, 2.75) is 45.8 Å². The summed E-state index contributed by atoms with van der Waals surface area (Å²) in [6, 6.07) is 10.4. The summed E-state index contributed by atoms with van der Waals surface area (Å²) in [7, 11) is -2.42. The van der Waals surface area contributed by atoms with E-state index < -0.39 is 28.5 Å². The molecule has 0 spiro atoms. The summed E-state index contributed by atoms with van der Waals surface area (Å²) in [5.41, 5.74) is 0.901. The van der Waals surface area contributed by atoms with Crippen molar-refractivity contribution >= 4 is 50.7 Å². The van der Waals surface area contributed by atoms with Crippen LogP contribution < -0.4 is 14.4 Å². The molecule has 0 fully saturated rings. The van der Waals surface area contributed by atoms with Crippen LogP contribution in [0.1, 0.15) is 32.8 Å². The number of nitrogens with zero attached hydrogens (tertiary/aromatic N) is 2. The SMILES string of the molecule is CC[C@H](C)NC(=O)[C@H](C)N(Cc1cccc(Cl)c1)C(=O)CN(c1ccc(OC)c(Cl)c1)S(C)(=O)=O. The van der Waals surface area contributed by atoms with Crippen LogP contribution in [0.25, 0.3) is 0 Å². The van der Waals surface area contributed by atoms with Crippen molar-refractivity contribution in [2.24, 2.45) is 0 Å². The molecular formula is C24H31Cl2N3O5S. The van der Waals surface area contributed by atoms with Crippen molar-refractivity contribution in [3.05, 3.63) is 58.1 Å². The van der Waals surface area contributed by atoms with E-state index in [1.54, 1.807) is 31.2 Å². The minimum absolute atomic E-state index is 0.0649. The molecule has 0 aliphatic carbocycles. The van der Waals surface area contributed by atoms with E-state index in [0.29, 0.717) is 16.3 Å². The third-order valence-corrected chi connectivity index (χ3v) is 7.18. The highest BCUT2D eigenvalue weighted by Gasteiger charge is 2.30. The first-order valence-electron chi connectivity index (χ1n) is 11.0. The number of carbonyl (C=O) groups is 2. The van der Waals surface area contributed by atoms with Gasteiger partial charge in [0.25, 0.3) is 0 Å². The van der Waals surface area contributed by atoms with Gasteiger partial charge in [-0.3, -0.25) is 13.9 Å². The smallest absolute Gasteiger partial charge is 0.244 e. The maximum absolute atomic E-state index is 13.5. The minimum Gasteiger partial charge on any atom is -0.495 e. The van der Waals surface area contributed by atoms with Crippen LogP contribution in [0, 0.1) is 0 Å². The molecule has 35 heavy (non-hydrogen) atoms. The number of carbonyl (C=O) groups excluding carboxylic acids is 2. The Hall–Kier alpha value is -2.49. The molecule has 11 heteroatoms. The Bertz CT molecular complexity index is 1160. The lowest BCUT2D eigenvalue weighted by molar-refractivity contribution is -0.139. The number of halogens is 2. The second-order valence-electron chi connectivity index (χ2n) is 8.23. The quantitative estimate of drug-likeness (QED) is 0.460. The lowest BCUT2D eigenvalue weighted by Gasteiger charge is -2.32. The molecule has 2 rings (SSSR count). The Labute approximate surface area is 217 Å². The molecule has 0 saturated carbocycles. The van der Waals surface area contributed by atoms with E-state index in [-0.39, 0.29) is 29.2 Å². The topological polar surface area (TPSA) is 96.0 Å². The van der Waals surface area contributed by atoms with Crippen molar-refractivity contribution in [1.82, 2.24) is 10.2 Å². The van der Waals surface area contributed by atoms with Crippen LogP contribution in [-0.4, -0.2) is 57.1 Å². The normalized spacial score (nSPS) is 13.0. The van der Waals surface area contributed by atoms with Gasteiger partial charge in [0.05, 0.1) is 24.1 Å². The van der Waals surface area contributed by atoms with Gasteiger partial charge < -0.3 is 15.0 Å². The van der Waals surface area contributed by atoms with Gasteiger partial charge >= 0.3 is 0 Å². The van der Waals surface area contributed by atoms with Crippen molar-refractivity contribution in [3.63, 3.8) is 0 Å². The van der Waals surface area contributed by atoms with Gasteiger partial charge in [-0.2, -0.15) is 0 Å². The number of anilines is 1. The molecule has 0 unspecified atom stereocenters. The van der Waals surface area contributed by atoms with E-state index in [4.69, 9.17) is 27.9 Å². The van der Waals surface area contributed by atoms with E-state index in [2.05, 4.69) is 5.32 Å². The summed E-state index contributed by atoms with van der Waals surface area (Å²) >= 11 is 12.3. The van der Waals surface area contributed by atoms with Gasteiger partial charge in [-0.15, -0.1) is 0 Å². The van der Waals surface area contributed by atoms with E-state index in [1.807, 2.05) is 13.8 Å². The van der Waals surface area contributed by atoms with E-state index in [9.17, 15) is 18.0 Å². The van der Waals surface area contributed by atoms with Crippen molar-refractivity contribution in [3.8, 4) is 5.75 Å². The van der Waals surface area contributed by atoms with Gasteiger partial charge in [-0.05, 0) is 56.2 Å². The maximum Gasteiger partial charge on any atom is 0.244 e. The highest BCUT2D eigenvalue weighted by atomic mass is 35.5. The lowest BCUT2D eigenvalue weighted by Crippen LogP contribution is -2.52. The van der Waals surface area contributed by atoms with Gasteiger partial charge in [-0.1, -0.05) is 42.3 Å². The minimum atomic E-state index is -3.87. The second-order valence-corrected chi connectivity index (χ2v) is 11.0. The number of benzene rings is 2. The number of hydrogen-bond acceptors (Lipinski definition) is 5. The number of ether oxygens (including phenoxy) is 1. The summed E-state index contributed by atoms with van der Waals surface area (Å²) < 4.78 is 31.3. The first-order chi connectivity index (χ1) is 16.4. The molecule has 192 valence electrons. The molecule has 1 N–H and O–H groups in total. The van der Waals surface area contributed by atoms with Gasteiger partial charge in [0, 0.05) is 17.6 Å². The van der Waals surface area contributed by atoms with Crippen LogP contribution in [0.2, 0.25) is 10.0 Å². The largest absolute Gasteiger partial charge is 0.495 e. The molecule has 0 bridgehead atoms. The number of hydrogen-bond donors (Lipinski definition) is 1. The molecule has 0 aromatic heterocycles. The number of amides is 2. The number of methoxy groups -OCH3 is 1. The zero-order valence-electron chi connectivity index (χ0n) is 20.4. The highest BCUT2D eigenvalue weighted by molar-refractivity contribution is 7.92. The molecule has 0 aliphatic rings. The van der Waals surface area contributed by atoms with Crippen LogP contribution >= 0.6 is 23.2 Å². The van der Waals surface area contributed by atoms with Gasteiger partial charge in [0.2, 0.25) is 21.8 Å². The standard InChI is InChI=1S/C24H31Cl2N3O5S/c1-6-16(2)27-24(31)17(3)28(14-18-8-7-9-19(25)12-18)23(30)15-29(35(5,32)33)20-10-11-22(34-4)21(26)13-20/h7-13,16-17H,6,14-15H2,1-5H3,(H,27,31)/t16-,17-/m0/s1. The van der Waals surface area contributed by atoms with Crippen molar-refractivity contribution < 1.29 is 22.7 Å². The van der Waals surface area contributed by atoms with E-state index in [0.717, 1.165) is 17.0 Å². The molecule has 0 heterocycles. The van der Waals surface area contributed by atoms with Crippen LogP contribution in [0.3, 0.4) is 0 Å². The number of sulfonamides is 1. The highest BCUT2D eigenvalue weighted by Crippen LogP contribution is 2.30. The fraction of sp³-hybridized carbons (Fsp3) is 0.417. The molecule has 0 aliphatic heterocycles. The third kappa shape index (κ3) is 8.02. The first-order valence-corrected chi connectivity index (χ1v) is 13.6. The third-order valence-electron chi connectivity index (χ3n) is 5.51. The van der Waals surface area contributed by atoms with Crippen LogP contribution in [0.5, 0.6) is 5.75 Å². The molecule has 2 aromatic rings. The Balaban J connectivity index is 2.41. The van der Waals surface area contributed by atoms with E-state index in [1.165, 1.54) is 30.2 Å². The molecule has 0 saturated heterocycles. The number of nitrogens with one attached hydrogen (secondary N) is 1. The van der Waals surface area contributed by atoms with Crippen LogP contribution in [0.15, 0.2) is 42.5 Å². The average Bonchev–Trinajstić information content (AvgIpc) is 2.79. The molecular weight excluding hydrogens is 513 g/mol. The Morgan fingerprint density at radius 3 is 2.34 bits per heavy atom. The Morgan fingerprint density at radius 2 is 1.80 bits per heavy atom. The fourth-order valence-corrected chi connectivity index (χ4v) is 4.61. The predicted molar refractivity (Wildman–Crippen MR) is 140 cm³/mol. The van der Waals surface area contributed by atoms with Crippen LogP contribution in [-0.2, 0) is 26.2 Å². The summed E-state index contributed by atoms with van der Waals surface area (Å²) in [5.74, 6) is -0.532. The summed E-state index contributed by atoms with van der Waals surface area (Å²) in [5, 5.41) is 3.56. The molecule has 2 aromatic carbocycles. The zero-order valence-corrected chi connectivity index (χ0v) is 22.7. The second kappa shape index (κ2) is 12.5. The molecule has 8 nitrogen and oxygen atoms in total. The predicted octanol–water partition coefficient (Wildman–Crippen LogP) is 4.10. The van der Waals surface area contributed by atoms with Gasteiger partial charge in [0.15, 0.2) is 0 Å².